The zero-order valence-electron chi connectivity index (χ0n) is 8.41. The van der Waals surface area contributed by atoms with Crippen LogP contribution >= 0.6 is 0 Å². The highest BCUT2D eigenvalue weighted by molar-refractivity contribution is 6.04. The Balaban J connectivity index is 1.85. The van der Waals surface area contributed by atoms with Crippen molar-refractivity contribution in [2.45, 2.75) is 0 Å². The molecule has 0 unspecified atom stereocenters. The summed E-state index contributed by atoms with van der Waals surface area (Å²) in [6.45, 7) is 3.30. The highest BCUT2D eigenvalue weighted by Gasteiger charge is 2.26. The molecular formula is C9H14N5O+. The van der Waals surface area contributed by atoms with Crippen molar-refractivity contribution in [2.75, 3.05) is 26.3 Å². The van der Waals surface area contributed by atoms with E-state index in [4.69, 9.17) is 5.84 Å². The fourth-order valence-electron chi connectivity index (χ4n) is 1.71. The second kappa shape index (κ2) is 4.16. The summed E-state index contributed by atoms with van der Waals surface area (Å²) in [5.74, 6) is 5.00. The van der Waals surface area contributed by atoms with Crippen LogP contribution in [0.4, 0.5) is 0 Å². The lowest BCUT2D eigenvalue weighted by Crippen LogP contribution is -2.31. The fraction of sp³-hybridized carbons (Fsp3) is 0.444. The molecule has 2 N–H and O–H groups in total. The normalized spacial score (nSPS) is 21.5. The van der Waals surface area contributed by atoms with E-state index in [-0.39, 0.29) is 0 Å². The largest absolute Gasteiger partial charge is 0.693 e. The zero-order chi connectivity index (χ0) is 10.7. The highest BCUT2D eigenvalue weighted by Crippen LogP contribution is 2.02. The van der Waals surface area contributed by atoms with Gasteiger partial charge in [-0.3, -0.25) is 15.6 Å². The molecule has 0 atom stereocenters. The van der Waals surface area contributed by atoms with Gasteiger partial charge in [0.15, 0.2) is 0 Å². The van der Waals surface area contributed by atoms with E-state index in [1.807, 2.05) is 17.1 Å². The first-order chi connectivity index (χ1) is 7.24. The summed E-state index contributed by atoms with van der Waals surface area (Å²) in [4.78, 5) is 4.43. The second-order valence-electron chi connectivity index (χ2n) is 3.61. The summed E-state index contributed by atoms with van der Waals surface area (Å²) < 4.78 is 4.20. The van der Waals surface area contributed by atoms with Gasteiger partial charge in [0.05, 0.1) is 6.54 Å². The van der Waals surface area contributed by atoms with Gasteiger partial charge in [-0.1, -0.05) is 4.67 Å². The van der Waals surface area contributed by atoms with Crippen molar-refractivity contribution in [3.63, 3.8) is 0 Å². The number of hydrazine groups is 1. The summed E-state index contributed by atoms with van der Waals surface area (Å²) in [6, 6.07) is 0. The maximum atomic E-state index is 10.6. The van der Waals surface area contributed by atoms with Crippen LogP contribution in [0.25, 0.3) is 0 Å². The van der Waals surface area contributed by atoms with Gasteiger partial charge < -0.3 is 5.21 Å². The number of allylic oxidation sites excluding steroid dienone is 1. The Morgan fingerprint density at radius 1 is 1.60 bits per heavy atom. The Kier molecular flexibility index (Phi) is 2.71. The molecule has 6 heteroatoms. The summed E-state index contributed by atoms with van der Waals surface area (Å²) in [7, 11) is 0. The van der Waals surface area contributed by atoms with Crippen molar-refractivity contribution in [1.82, 2.24) is 14.5 Å². The quantitative estimate of drug-likeness (QED) is 0.112. The van der Waals surface area contributed by atoms with Gasteiger partial charge in [-0.15, -0.1) is 0 Å². The highest BCUT2D eigenvalue weighted by atomic mass is 16.5. The lowest BCUT2D eigenvalue weighted by molar-refractivity contribution is -0.469. The monoisotopic (exact) mass is 208 g/mol. The van der Waals surface area contributed by atoms with Crippen LogP contribution in [-0.2, 0) is 0 Å². The van der Waals surface area contributed by atoms with Crippen molar-refractivity contribution in [1.29, 1.82) is 0 Å². The predicted octanol–water partition coefficient (Wildman–Crippen LogP) is -1.88. The van der Waals surface area contributed by atoms with E-state index >= 15 is 0 Å². The number of hydrazone groups is 1. The smallest absolute Gasteiger partial charge is 0.318 e. The Morgan fingerprint density at radius 3 is 3.13 bits per heavy atom. The Labute approximate surface area is 87.9 Å². The number of nitrogens with zero attached hydrogens (tertiary/aromatic N) is 4. The predicted molar refractivity (Wildman–Crippen MR) is 59.4 cm³/mol. The molecule has 2 heterocycles. The number of rotatable bonds is 3. The molecule has 2 aliphatic heterocycles. The van der Waals surface area contributed by atoms with Gasteiger partial charge >= 0.3 is 5.71 Å². The third kappa shape index (κ3) is 2.59. The molecule has 0 aromatic carbocycles. The van der Waals surface area contributed by atoms with Gasteiger partial charge in [-0.05, 0) is 0 Å². The average Bonchev–Trinajstić information content (AvgIpc) is 2.77. The molecule has 0 amide bonds. The zero-order valence-corrected chi connectivity index (χ0v) is 8.41. The van der Waals surface area contributed by atoms with E-state index in [9.17, 15) is 5.21 Å². The van der Waals surface area contributed by atoms with Crippen LogP contribution in [-0.4, -0.2) is 59.2 Å². The van der Waals surface area contributed by atoms with Gasteiger partial charge in [-0.2, -0.15) is 4.85 Å². The fourth-order valence-corrected chi connectivity index (χ4v) is 1.71. The Morgan fingerprint density at radius 2 is 2.47 bits per heavy atom. The topological polar surface area (TPSA) is 72.7 Å². The number of hydrogen-bond acceptors (Lipinski definition) is 3. The first-order valence-electron chi connectivity index (χ1n) is 4.83. The minimum atomic E-state index is 0.338. The first-order valence-corrected chi connectivity index (χ1v) is 4.83. The summed E-state index contributed by atoms with van der Waals surface area (Å²) in [5.41, 5.74) is 1.06. The van der Waals surface area contributed by atoms with E-state index in [2.05, 4.69) is 9.57 Å². The van der Waals surface area contributed by atoms with Gasteiger partial charge in [0.25, 0.3) is 12.6 Å². The van der Waals surface area contributed by atoms with Crippen LogP contribution < -0.4 is 10.5 Å². The molecule has 80 valence electrons. The van der Waals surface area contributed by atoms with Crippen LogP contribution in [0.1, 0.15) is 0 Å². The second-order valence-corrected chi connectivity index (χ2v) is 3.61. The van der Waals surface area contributed by atoms with E-state index in [0.29, 0.717) is 4.85 Å². The molecule has 2 rings (SSSR count). The van der Waals surface area contributed by atoms with Crippen molar-refractivity contribution in [3.8, 4) is 0 Å². The van der Waals surface area contributed by atoms with E-state index in [0.717, 1.165) is 32.0 Å². The van der Waals surface area contributed by atoms with Crippen molar-refractivity contribution >= 4 is 18.3 Å². The minimum absolute atomic E-state index is 0.338. The molecule has 0 aromatic heterocycles. The Hall–Kier alpha value is -1.78. The van der Waals surface area contributed by atoms with E-state index in [1.54, 1.807) is 6.21 Å². The number of hydrogen-bond donors (Lipinski definition) is 1. The van der Waals surface area contributed by atoms with Crippen molar-refractivity contribution in [2.24, 2.45) is 5.84 Å². The van der Waals surface area contributed by atoms with Gasteiger partial charge in [0.2, 0.25) is 0 Å². The number of nitrogens with two attached hydrogens (primary N) is 1. The molecule has 15 heavy (non-hydrogen) atoms. The molecule has 0 saturated carbocycles. The van der Waals surface area contributed by atoms with Crippen LogP contribution in [0.2, 0.25) is 0 Å². The molecule has 0 aliphatic carbocycles. The molecule has 6 nitrogen and oxygen atoms in total. The maximum Gasteiger partial charge on any atom is 0.318 e. The summed E-state index contributed by atoms with van der Waals surface area (Å²) in [5, 5.41) is 10.6. The molecule has 1 fully saturated rings. The van der Waals surface area contributed by atoms with E-state index in [1.165, 1.54) is 6.34 Å². The average molecular weight is 208 g/mol. The third-order valence-electron chi connectivity index (χ3n) is 2.36. The van der Waals surface area contributed by atoms with Crippen LogP contribution in [0, 0.1) is 5.21 Å². The molecule has 2 aliphatic rings. The maximum absolute atomic E-state index is 10.6. The summed E-state index contributed by atoms with van der Waals surface area (Å²) in [6.07, 6.45) is 7.08. The minimum Gasteiger partial charge on any atom is -0.693 e. The molecule has 1 saturated heterocycles. The third-order valence-corrected chi connectivity index (χ3v) is 2.36. The molecule has 0 bridgehead atoms. The van der Waals surface area contributed by atoms with Gasteiger partial charge in [-0.25, -0.2) is 0 Å². The molecule has 0 spiro atoms. The van der Waals surface area contributed by atoms with Gasteiger partial charge in [0, 0.05) is 18.7 Å². The van der Waals surface area contributed by atoms with Gasteiger partial charge in [0.1, 0.15) is 13.2 Å². The van der Waals surface area contributed by atoms with Crippen LogP contribution in [0.5, 0.6) is 0 Å². The molecule has 0 aromatic rings. The van der Waals surface area contributed by atoms with Crippen LogP contribution in [0.3, 0.4) is 0 Å². The Bertz CT molecular complexity index is 363. The molecule has 0 radical (unpaired) electrons. The molecular weight excluding hydrogens is 194 g/mol. The SMILES string of the molecule is N/[N+]([O-])=C\N1CCN(CC2=[N+]=CC=C2)C1. The van der Waals surface area contributed by atoms with Crippen LogP contribution in [0.15, 0.2) is 12.2 Å². The lowest BCUT2D eigenvalue weighted by Gasteiger charge is -2.09. The van der Waals surface area contributed by atoms with Crippen molar-refractivity contribution < 1.29 is 4.85 Å². The van der Waals surface area contributed by atoms with Crippen molar-refractivity contribution in [3.05, 3.63) is 17.4 Å². The standard InChI is InChI=1S/C9H14N5O/c10-14(15)8-13-5-4-12(7-13)6-9-2-1-3-11-9/h1-3,8H,4-7,10H2/q+1/b14-8+. The summed E-state index contributed by atoms with van der Waals surface area (Å²) >= 11 is 0. The first kappa shape index (κ1) is 9.76. The van der Waals surface area contributed by atoms with E-state index < -0.39 is 0 Å². The lowest BCUT2D eigenvalue weighted by atomic mass is 10.3.